The van der Waals surface area contributed by atoms with E-state index in [0.29, 0.717) is 6.04 Å². The molecule has 3 rings (SSSR count). The van der Waals surface area contributed by atoms with Crippen LogP contribution in [0, 0.1) is 0 Å². The van der Waals surface area contributed by atoms with E-state index in [-0.39, 0.29) is 0 Å². The molecule has 0 radical (unpaired) electrons. The van der Waals surface area contributed by atoms with Crippen LogP contribution in [0.2, 0.25) is 0 Å². The van der Waals surface area contributed by atoms with Gasteiger partial charge in [0.2, 0.25) is 0 Å². The SMILES string of the molecule is CNC(C)CCn1c2ccccc2c2ccccc21. The summed E-state index contributed by atoms with van der Waals surface area (Å²) in [4.78, 5) is 0. The zero-order chi connectivity index (χ0) is 13.2. The van der Waals surface area contributed by atoms with E-state index in [1.54, 1.807) is 0 Å². The first-order valence-corrected chi connectivity index (χ1v) is 6.94. The number of fused-ring (bicyclic) bond motifs is 3. The van der Waals surface area contributed by atoms with Crippen molar-refractivity contribution in [2.24, 2.45) is 0 Å². The number of rotatable bonds is 4. The van der Waals surface area contributed by atoms with E-state index >= 15 is 0 Å². The van der Waals surface area contributed by atoms with Gasteiger partial charge in [-0.3, -0.25) is 0 Å². The van der Waals surface area contributed by atoms with E-state index in [0.717, 1.165) is 13.0 Å². The lowest BCUT2D eigenvalue weighted by Crippen LogP contribution is -2.22. The Morgan fingerprint density at radius 3 is 2.00 bits per heavy atom. The summed E-state index contributed by atoms with van der Waals surface area (Å²) < 4.78 is 2.44. The zero-order valence-electron chi connectivity index (χ0n) is 11.6. The topological polar surface area (TPSA) is 17.0 Å². The summed E-state index contributed by atoms with van der Waals surface area (Å²) in [5.41, 5.74) is 2.68. The second-order valence-corrected chi connectivity index (χ2v) is 5.16. The Bertz CT molecular complexity index is 643. The predicted octanol–water partition coefficient (Wildman–Crippen LogP) is 3.79. The maximum atomic E-state index is 3.31. The number of benzene rings is 2. The Hall–Kier alpha value is -1.80. The number of hydrogen-bond acceptors (Lipinski definition) is 1. The molecule has 1 aromatic heterocycles. The van der Waals surface area contributed by atoms with Gasteiger partial charge in [-0.25, -0.2) is 0 Å². The predicted molar refractivity (Wildman–Crippen MR) is 82.6 cm³/mol. The molecule has 2 aromatic carbocycles. The van der Waals surface area contributed by atoms with E-state index < -0.39 is 0 Å². The minimum Gasteiger partial charge on any atom is -0.340 e. The molecule has 0 spiro atoms. The largest absolute Gasteiger partial charge is 0.340 e. The molecule has 1 atom stereocenters. The van der Waals surface area contributed by atoms with Crippen LogP contribution in [0.25, 0.3) is 21.8 Å². The molecule has 2 heteroatoms. The van der Waals surface area contributed by atoms with Crippen LogP contribution in [0.4, 0.5) is 0 Å². The number of nitrogens with zero attached hydrogens (tertiary/aromatic N) is 1. The molecule has 0 amide bonds. The van der Waals surface area contributed by atoms with Crippen LogP contribution in [0.1, 0.15) is 13.3 Å². The van der Waals surface area contributed by atoms with Gasteiger partial charge in [-0.15, -0.1) is 0 Å². The van der Waals surface area contributed by atoms with Crippen molar-refractivity contribution in [3.05, 3.63) is 48.5 Å². The molecule has 19 heavy (non-hydrogen) atoms. The van der Waals surface area contributed by atoms with E-state index in [9.17, 15) is 0 Å². The van der Waals surface area contributed by atoms with Gasteiger partial charge in [-0.05, 0) is 32.5 Å². The number of aryl methyl sites for hydroxylation is 1. The van der Waals surface area contributed by atoms with Crippen molar-refractivity contribution >= 4 is 21.8 Å². The third-order valence-electron chi connectivity index (χ3n) is 3.96. The third kappa shape index (κ3) is 2.13. The maximum Gasteiger partial charge on any atom is 0.0491 e. The highest BCUT2D eigenvalue weighted by molar-refractivity contribution is 6.07. The Balaban J connectivity index is 2.14. The summed E-state index contributed by atoms with van der Waals surface area (Å²) in [6.07, 6.45) is 1.14. The molecular weight excluding hydrogens is 232 g/mol. The van der Waals surface area contributed by atoms with Gasteiger partial charge in [0.1, 0.15) is 0 Å². The molecule has 1 heterocycles. The highest BCUT2D eigenvalue weighted by atomic mass is 15.0. The molecule has 0 aliphatic carbocycles. The Labute approximate surface area is 114 Å². The smallest absolute Gasteiger partial charge is 0.0491 e. The fraction of sp³-hybridized carbons (Fsp3) is 0.294. The van der Waals surface area contributed by atoms with Crippen molar-refractivity contribution in [3.8, 4) is 0 Å². The standard InChI is InChI=1S/C17H20N2/c1-13(18-2)11-12-19-16-9-5-3-7-14(16)15-8-4-6-10-17(15)19/h3-10,13,18H,11-12H2,1-2H3. The fourth-order valence-corrected chi connectivity index (χ4v) is 2.71. The van der Waals surface area contributed by atoms with E-state index in [1.807, 2.05) is 7.05 Å². The first kappa shape index (κ1) is 12.2. The zero-order valence-corrected chi connectivity index (χ0v) is 11.6. The average molecular weight is 252 g/mol. The van der Waals surface area contributed by atoms with E-state index in [1.165, 1.54) is 21.8 Å². The van der Waals surface area contributed by atoms with Crippen molar-refractivity contribution in [1.82, 2.24) is 9.88 Å². The normalized spacial score (nSPS) is 13.2. The van der Waals surface area contributed by atoms with Crippen molar-refractivity contribution < 1.29 is 0 Å². The molecule has 1 unspecified atom stereocenters. The molecular formula is C17H20N2. The molecule has 0 bridgehead atoms. The minimum atomic E-state index is 0.542. The van der Waals surface area contributed by atoms with Crippen LogP contribution in [0.15, 0.2) is 48.5 Å². The van der Waals surface area contributed by atoms with Crippen LogP contribution in [-0.4, -0.2) is 17.7 Å². The number of para-hydroxylation sites is 2. The summed E-state index contributed by atoms with van der Waals surface area (Å²) in [6, 6.07) is 17.9. The monoisotopic (exact) mass is 252 g/mol. The second kappa shape index (κ2) is 5.06. The highest BCUT2D eigenvalue weighted by Crippen LogP contribution is 2.28. The molecule has 3 aromatic rings. The Morgan fingerprint density at radius 1 is 0.947 bits per heavy atom. The van der Waals surface area contributed by atoms with Gasteiger partial charge in [0, 0.05) is 34.4 Å². The van der Waals surface area contributed by atoms with Crippen LogP contribution in [0.5, 0.6) is 0 Å². The van der Waals surface area contributed by atoms with E-state index in [4.69, 9.17) is 0 Å². The van der Waals surface area contributed by atoms with Crippen LogP contribution < -0.4 is 5.32 Å². The molecule has 0 aliphatic rings. The summed E-state index contributed by atoms with van der Waals surface area (Å²) in [5.74, 6) is 0. The lowest BCUT2D eigenvalue weighted by atomic mass is 10.2. The van der Waals surface area contributed by atoms with Crippen molar-refractivity contribution in [3.63, 3.8) is 0 Å². The van der Waals surface area contributed by atoms with Gasteiger partial charge >= 0.3 is 0 Å². The molecule has 0 aliphatic heterocycles. The fourth-order valence-electron chi connectivity index (χ4n) is 2.71. The molecule has 98 valence electrons. The first-order valence-electron chi connectivity index (χ1n) is 6.94. The third-order valence-corrected chi connectivity index (χ3v) is 3.96. The summed E-state index contributed by atoms with van der Waals surface area (Å²) in [5, 5.41) is 6.02. The summed E-state index contributed by atoms with van der Waals surface area (Å²) >= 11 is 0. The minimum absolute atomic E-state index is 0.542. The maximum absolute atomic E-state index is 3.31. The highest BCUT2D eigenvalue weighted by Gasteiger charge is 2.09. The average Bonchev–Trinajstić information content (AvgIpc) is 2.79. The van der Waals surface area contributed by atoms with Crippen LogP contribution in [-0.2, 0) is 6.54 Å². The molecule has 0 saturated carbocycles. The van der Waals surface area contributed by atoms with Gasteiger partial charge in [0.05, 0.1) is 0 Å². The van der Waals surface area contributed by atoms with Crippen molar-refractivity contribution in [2.75, 3.05) is 7.05 Å². The lowest BCUT2D eigenvalue weighted by Gasteiger charge is -2.12. The number of hydrogen-bond donors (Lipinski definition) is 1. The van der Waals surface area contributed by atoms with Gasteiger partial charge in [-0.1, -0.05) is 36.4 Å². The van der Waals surface area contributed by atoms with Crippen LogP contribution in [0.3, 0.4) is 0 Å². The molecule has 2 nitrogen and oxygen atoms in total. The van der Waals surface area contributed by atoms with E-state index in [2.05, 4.69) is 65.3 Å². The number of nitrogens with one attached hydrogen (secondary N) is 1. The number of aromatic nitrogens is 1. The van der Waals surface area contributed by atoms with Gasteiger partial charge in [0.15, 0.2) is 0 Å². The quantitative estimate of drug-likeness (QED) is 0.747. The molecule has 0 fully saturated rings. The first-order chi connectivity index (χ1) is 9.31. The summed E-state index contributed by atoms with van der Waals surface area (Å²) in [6.45, 7) is 3.28. The van der Waals surface area contributed by atoms with Crippen molar-refractivity contribution in [2.45, 2.75) is 25.9 Å². The van der Waals surface area contributed by atoms with Gasteiger partial charge in [0.25, 0.3) is 0 Å². The lowest BCUT2D eigenvalue weighted by molar-refractivity contribution is 0.522. The van der Waals surface area contributed by atoms with Crippen LogP contribution >= 0.6 is 0 Å². The van der Waals surface area contributed by atoms with Crippen molar-refractivity contribution in [1.29, 1.82) is 0 Å². The second-order valence-electron chi connectivity index (χ2n) is 5.16. The molecule has 0 saturated heterocycles. The summed E-state index contributed by atoms with van der Waals surface area (Å²) in [7, 11) is 2.02. The Kier molecular flexibility index (Phi) is 3.26. The van der Waals surface area contributed by atoms with Gasteiger partial charge < -0.3 is 9.88 Å². The van der Waals surface area contributed by atoms with Gasteiger partial charge in [-0.2, -0.15) is 0 Å². The Morgan fingerprint density at radius 2 is 1.47 bits per heavy atom. The molecule has 1 N–H and O–H groups in total.